The number of aromatic nitrogens is 2. The first-order valence-corrected chi connectivity index (χ1v) is 8.02. The van der Waals surface area contributed by atoms with Crippen LogP contribution in [0.25, 0.3) is 5.69 Å². The molecule has 1 N–H and O–H groups in total. The standard InChI is InChI=1S/C19H19N3O3/c1-13-8-10-15(11-9-13)17(12-21(24)25)18-14(2)20-22(19(18)23)16-6-4-3-5-7-16/h3-11,17,20H,12H2,1-2H3/t17-/m1/s1. The molecule has 0 bridgehead atoms. The summed E-state index contributed by atoms with van der Waals surface area (Å²) in [6.07, 6.45) is 0. The summed E-state index contributed by atoms with van der Waals surface area (Å²) in [5, 5.41) is 14.3. The van der Waals surface area contributed by atoms with Crippen molar-refractivity contribution in [3.8, 4) is 5.69 Å². The number of benzene rings is 2. The first-order valence-electron chi connectivity index (χ1n) is 8.02. The fourth-order valence-corrected chi connectivity index (χ4v) is 3.04. The van der Waals surface area contributed by atoms with E-state index < -0.39 is 5.92 Å². The zero-order valence-corrected chi connectivity index (χ0v) is 14.1. The third-order valence-corrected chi connectivity index (χ3v) is 4.29. The first-order chi connectivity index (χ1) is 12.0. The minimum absolute atomic E-state index is 0.254. The van der Waals surface area contributed by atoms with Crippen LogP contribution in [-0.2, 0) is 0 Å². The van der Waals surface area contributed by atoms with Crippen LogP contribution in [0.2, 0.25) is 0 Å². The van der Waals surface area contributed by atoms with Crippen molar-refractivity contribution in [1.29, 1.82) is 0 Å². The summed E-state index contributed by atoms with van der Waals surface area (Å²) >= 11 is 0. The van der Waals surface area contributed by atoms with Gasteiger partial charge in [0.05, 0.1) is 17.2 Å². The van der Waals surface area contributed by atoms with Crippen LogP contribution in [0.1, 0.15) is 28.3 Å². The second kappa shape index (κ2) is 6.76. The molecular weight excluding hydrogens is 318 g/mol. The maximum atomic E-state index is 13.0. The van der Waals surface area contributed by atoms with Gasteiger partial charge in [-0.05, 0) is 31.5 Å². The largest absolute Gasteiger partial charge is 0.295 e. The van der Waals surface area contributed by atoms with Crippen LogP contribution >= 0.6 is 0 Å². The number of rotatable bonds is 5. The summed E-state index contributed by atoms with van der Waals surface area (Å²) in [6.45, 7) is 3.40. The topological polar surface area (TPSA) is 80.9 Å². The van der Waals surface area contributed by atoms with Gasteiger partial charge in [-0.2, -0.15) is 0 Å². The Morgan fingerprint density at radius 2 is 1.72 bits per heavy atom. The molecule has 0 saturated heterocycles. The lowest BCUT2D eigenvalue weighted by Crippen LogP contribution is -2.23. The number of aromatic amines is 1. The van der Waals surface area contributed by atoms with Gasteiger partial charge in [0.2, 0.25) is 6.54 Å². The molecule has 1 heterocycles. The van der Waals surface area contributed by atoms with E-state index in [1.54, 1.807) is 6.92 Å². The minimum Gasteiger partial charge on any atom is -0.295 e. The highest BCUT2D eigenvalue weighted by atomic mass is 16.6. The van der Waals surface area contributed by atoms with Gasteiger partial charge in [-0.3, -0.25) is 20.0 Å². The molecule has 1 atom stereocenters. The minimum atomic E-state index is -0.593. The van der Waals surface area contributed by atoms with Crippen LogP contribution in [0.4, 0.5) is 0 Å². The van der Waals surface area contributed by atoms with Gasteiger partial charge in [0.25, 0.3) is 5.56 Å². The Kier molecular flexibility index (Phi) is 4.52. The van der Waals surface area contributed by atoms with Gasteiger partial charge >= 0.3 is 0 Å². The van der Waals surface area contributed by atoms with Gasteiger partial charge < -0.3 is 0 Å². The lowest BCUT2D eigenvalue weighted by atomic mass is 9.91. The number of para-hydroxylation sites is 1. The third-order valence-electron chi connectivity index (χ3n) is 4.29. The van der Waals surface area contributed by atoms with Gasteiger partial charge in [0.15, 0.2) is 0 Å². The van der Waals surface area contributed by atoms with Crippen molar-refractivity contribution in [2.75, 3.05) is 6.54 Å². The number of H-pyrrole nitrogens is 1. The second-order valence-corrected chi connectivity index (χ2v) is 6.11. The number of hydrogen-bond acceptors (Lipinski definition) is 3. The van der Waals surface area contributed by atoms with Crippen LogP contribution < -0.4 is 5.56 Å². The monoisotopic (exact) mass is 337 g/mol. The number of nitrogens with one attached hydrogen (secondary N) is 1. The molecule has 3 aromatic rings. The Bertz CT molecular complexity index is 940. The average Bonchev–Trinajstić information content (AvgIpc) is 2.89. The number of nitrogens with zero attached hydrogens (tertiary/aromatic N) is 2. The van der Waals surface area contributed by atoms with Crippen LogP contribution in [-0.4, -0.2) is 21.2 Å². The Labute approximate surface area is 144 Å². The first kappa shape index (κ1) is 16.7. The molecule has 6 heteroatoms. The molecule has 0 aliphatic heterocycles. The Balaban J connectivity index is 2.13. The smallest absolute Gasteiger partial charge is 0.275 e. The summed E-state index contributed by atoms with van der Waals surface area (Å²) < 4.78 is 1.44. The van der Waals surface area contributed by atoms with E-state index in [9.17, 15) is 14.9 Å². The highest BCUT2D eigenvalue weighted by molar-refractivity contribution is 5.38. The molecule has 0 spiro atoms. The van der Waals surface area contributed by atoms with E-state index in [0.29, 0.717) is 16.9 Å². The van der Waals surface area contributed by atoms with Crippen LogP contribution in [0.5, 0.6) is 0 Å². The third kappa shape index (κ3) is 3.38. The number of hydrogen-bond donors (Lipinski definition) is 1. The summed E-state index contributed by atoms with van der Waals surface area (Å²) in [7, 11) is 0. The van der Waals surface area contributed by atoms with Crippen molar-refractivity contribution in [3.63, 3.8) is 0 Å². The summed E-state index contributed by atoms with van der Waals surface area (Å²) in [4.78, 5) is 23.8. The van der Waals surface area contributed by atoms with E-state index in [1.165, 1.54) is 4.68 Å². The average molecular weight is 337 g/mol. The molecular formula is C19H19N3O3. The molecule has 6 nitrogen and oxygen atoms in total. The molecule has 2 aromatic carbocycles. The summed E-state index contributed by atoms with van der Waals surface area (Å²) in [5.74, 6) is -0.593. The van der Waals surface area contributed by atoms with E-state index in [4.69, 9.17) is 0 Å². The molecule has 25 heavy (non-hydrogen) atoms. The van der Waals surface area contributed by atoms with Crippen molar-refractivity contribution >= 4 is 0 Å². The van der Waals surface area contributed by atoms with Crippen LogP contribution in [0.15, 0.2) is 59.4 Å². The molecule has 1 aromatic heterocycles. The van der Waals surface area contributed by atoms with Gasteiger partial charge in [-0.15, -0.1) is 0 Å². The zero-order valence-electron chi connectivity index (χ0n) is 14.1. The summed E-state index contributed by atoms with van der Waals surface area (Å²) in [6, 6.07) is 16.7. The van der Waals surface area contributed by atoms with Crippen molar-refractivity contribution in [3.05, 3.63) is 97.4 Å². The molecule has 0 fully saturated rings. The zero-order chi connectivity index (χ0) is 18.0. The van der Waals surface area contributed by atoms with Gasteiger partial charge in [0.1, 0.15) is 0 Å². The van der Waals surface area contributed by atoms with Crippen molar-refractivity contribution in [1.82, 2.24) is 9.78 Å². The molecule has 0 aliphatic rings. The van der Waals surface area contributed by atoms with Crippen LogP contribution in [0.3, 0.4) is 0 Å². The van der Waals surface area contributed by atoms with Gasteiger partial charge in [-0.25, -0.2) is 4.68 Å². The van der Waals surface area contributed by atoms with Gasteiger partial charge in [0, 0.05) is 10.6 Å². The van der Waals surface area contributed by atoms with E-state index in [0.717, 1.165) is 11.1 Å². The fourth-order valence-electron chi connectivity index (χ4n) is 3.04. The molecule has 128 valence electrons. The molecule has 0 saturated carbocycles. The van der Waals surface area contributed by atoms with E-state index in [-0.39, 0.29) is 17.0 Å². The lowest BCUT2D eigenvalue weighted by molar-refractivity contribution is -0.481. The normalized spacial score (nSPS) is 12.1. The Morgan fingerprint density at radius 3 is 2.32 bits per heavy atom. The van der Waals surface area contributed by atoms with E-state index in [1.807, 2.05) is 61.5 Å². The fraction of sp³-hybridized carbons (Fsp3) is 0.211. The molecule has 0 radical (unpaired) electrons. The van der Waals surface area contributed by atoms with E-state index >= 15 is 0 Å². The highest BCUT2D eigenvalue weighted by Crippen LogP contribution is 2.25. The second-order valence-electron chi connectivity index (χ2n) is 6.11. The molecule has 0 amide bonds. The SMILES string of the molecule is Cc1ccc([C@@H](C[N+](=O)[O-])c2c(C)[nH]n(-c3ccccc3)c2=O)cc1. The molecule has 3 rings (SSSR count). The maximum absolute atomic E-state index is 13.0. The van der Waals surface area contributed by atoms with Crippen molar-refractivity contribution < 1.29 is 4.92 Å². The van der Waals surface area contributed by atoms with Crippen molar-refractivity contribution in [2.24, 2.45) is 0 Å². The number of nitro groups is 1. The predicted molar refractivity (Wildman–Crippen MR) is 96.0 cm³/mol. The number of aryl methyl sites for hydroxylation is 2. The Hall–Kier alpha value is -3.15. The highest BCUT2D eigenvalue weighted by Gasteiger charge is 2.27. The Morgan fingerprint density at radius 1 is 1.08 bits per heavy atom. The maximum Gasteiger partial charge on any atom is 0.275 e. The van der Waals surface area contributed by atoms with E-state index in [2.05, 4.69) is 5.10 Å². The predicted octanol–water partition coefficient (Wildman–Crippen LogP) is 3.19. The molecule has 0 aliphatic carbocycles. The summed E-state index contributed by atoms with van der Waals surface area (Å²) in [5.41, 5.74) is 3.35. The quantitative estimate of drug-likeness (QED) is 0.573. The molecule has 0 unspecified atom stereocenters. The van der Waals surface area contributed by atoms with Gasteiger partial charge in [-0.1, -0.05) is 48.0 Å². The van der Waals surface area contributed by atoms with Crippen molar-refractivity contribution in [2.45, 2.75) is 19.8 Å². The van der Waals surface area contributed by atoms with Crippen LogP contribution in [0, 0.1) is 24.0 Å². The lowest BCUT2D eigenvalue weighted by Gasteiger charge is -2.12.